The zero-order valence-electron chi connectivity index (χ0n) is 13.4. The first kappa shape index (κ1) is 14.3. The summed E-state index contributed by atoms with van der Waals surface area (Å²) < 4.78 is 4.89. The second-order valence-electron chi connectivity index (χ2n) is 5.76. The lowest BCUT2D eigenvalue weighted by Crippen LogP contribution is -2.28. The number of aryl methyl sites for hydroxylation is 2. The highest BCUT2D eigenvalue weighted by Gasteiger charge is 2.21. The largest absolute Gasteiger partial charge is 0.508 e. The van der Waals surface area contributed by atoms with Crippen molar-refractivity contribution in [3.05, 3.63) is 56.5 Å². The van der Waals surface area contributed by atoms with Crippen molar-refractivity contribution in [1.29, 1.82) is 0 Å². The van der Waals surface area contributed by atoms with Crippen molar-refractivity contribution in [3.63, 3.8) is 0 Å². The highest BCUT2D eigenvalue weighted by atomic mass is 16.3. The molecule has 0 aliphatic heterocycles. The lowest BCUT2D eigenvalue weighted by molar-refractivity contribution is 0.475. The van der Waals surface area contributed by atoms with Crippen LogP contribution in [-0.4, -0.2) is 28.6 Å². The number of phenols is 1. The summed E-state index contributed by atoms with van der Waals surface area (Å²) in [7, 11) is 1.56. The molecule has 0 aliphatic carbocycles. The molecule has 0 unspecified atom stereocenters. The maximum atomic E-state index is 12.3. The molecule has 0 spiro atoms. The molecule has 122 valence electrons. The zero-order chi connectivity index (χ0) is 17.2. The third-order valence-electron chi connectivity index (χ3n) is 4.38. The van der Waals surface area contributed by atoms with Crippen molar-refractivity contribution in [3.8, 4) is 11.4 Å². The number of rotatable bonds is 1. The molecular weight excluding hydrogens is 310 g/mol. The molecule has 0 radical (unpaired) electrons. The normalized spacial score (nSPS) is 11.6. The average molecular weight is 325 g/mol. The zero-order valence-corrected chi connectivity index (χ0v) is 13.4. The second-order valence-corrected chi connectivity index (χ2v) is 5.76. The van der Waals surface area contributed by atoms with E-state index in [0.717, 1.165) is 17.1 Å². The first-order valence-electron chi connectivity index (χ1n) is 7.39. The average Bonchev–Trinajstić information content (AvgIpc) is 3.02. The Hall–Kier alpha value is -3.29. The van der Waals surface area contributed by atoms with Gasteiger partial charge in [-0.1, -0.05) is 6.07 Å². The fraction of sp³-hybridized carbons (Fsp3) is 0.188. The standard InChI is InChI=1S/C16H15N5O3/c1-8-9(2)21-12-13(19(3)16(24)18-14(12)23)17-15(21)20(8)10-5-4-6-11(22)7-10/h4-7,22H,1-3H3,(H,18,23,24). The molecule has 0 atom stereocenters. The highest BCUT2D eigenvalue weighted by Crippen LogP contribution is 2.25. The summed E-state index contributed by atoms with van der Waals surface area (Å²) in [5.74, 6) is 0.648. The number of benzene rings is 1. The molecule has 0 fully saturated rings. The van der Waals surface area contributed by atoms with E-state index in [1.807, 2.05) is 24.5 Å². The van der Waals surface area contributed by atoms with Gasteiger partial charge in [0.05, 0.1) is 5.69 Å². The number of fused-ring (bicyclic) bond motifs is 3. The number of imidazole rings is 2. The molecule has 0 bridgehead atoms. The number of H-pyrrole nitrogens is 1. The van der Waals surface area contributed by atoms with Crippen LogP contribution in [0.1, 0.15) is 11.4 Å². The van der Waals surface area contributed by atoms with E-state index in [2.05, 4.69) is 9.97 Å². The Kier molecular flexibility index (Phi) is 2.75. The summed E-state index contributed by atoms with van der Waals surface area (Å²) in [5, 5.41) is 9.77. The van der Waals surface area contributed by atoms with Crippen molar-refractivity contribution >= 4 is 16.9 Å². The second kappa shape index (κ2) is 4.60. The van der Waals surface area contributed by atoms with Crippen molar-refractivity contribution in [2.45, 2.75) is 13.8 Å². The molecule has 4 rings (SSSR count). The van der Waals surface area contributed by atoms with E-state index in [4.69, 9.17) is 0 Å². The van der Waals surface area contributed by atoms with Crippen molar-refractivity contribution in [2.75, 3.05) is 0 Å². The number of nitrogens with one attached hydrogen (secondary N) is 1. The van der Waals surface area contributed by atoms with E-state index < -0.39 is 11.2 Å². The number of nitrogens with zero attached hydrogens (tertiary/aromatic N) is 4. The van der Waals surface area contributed by atoms with Gasteiger partial charge in [0.25, 0.3) is 5.56 Å². The van der Waals surface area contributed by atoms with Crippen LogP contribution in [0.25, 0.3) is 22.6 Å². The number of aromatic amines is 1. The van der Waals surface area contributed by atoms with E-state index in [9.17, 15) is 14.7 Å². The van der Waals surface area contributed by atoms with Gasteiger partial charge in [-0.15, -0.1) is 0 Å². The summed E-state index contributed by atoms with van der Waals surface area (Å²) in [5.41, 5.74) is 2.10. The van der Waals surface area contributed by atoms with Crippen LogP contribution in [0.2, 0.25) is 0 Å². The van der Waals surface area contributed by atoms with Crippen LogP contribution in [0.5, 0.6) is 5.75 Å². The Labute approximate surface area is 135 Å². The van der Waals surface area contributed by atoms with Crippen LogP contribution in [0.4, 0.5) is 0 Å². The van der Waals surface area contributed by atoms with Gasteiger partial charge in [-0.05, 0) is 26.0 Å². The van der Waals surface area contributed by atoms with E-state index in [1.165, 1.54) is 4.57 Å². The molecule has 0 saturated heterocycles. The van der Waals surface area contributed by atoms with Gasteiger partial charge in [0, 0.05) is 24.5 Å². The number of aromatic hydroxyl groups is 1. The van der Waals surface area contributed by atoms with Crippen LogP contribution in [0, 0.1) is 13.8 Å². The van der Waals surface area contributed by atoms with E-state index in [0.29, 0.717) is 16.9 Å². The van der Waals surface area contributed by atoms with Gasteiger partial charge in [0.2, 0.25) is 5.78 Å². The van der Waals surface area contributed by atoms with Gasteiger partial charge in [-0.3, -0.25) is 23.3 Å². The summed E-state index contributed by atoms with van der Waals surface area (Å²) >= 11 is 0. The molecule has 4 aromatic rings. The Morgan fingerprint density at radius 1 is 1.17 bits per heavy atom. The van der Waals surface area contributed by atoms with Crippen LogP contribution >= 0.6 is 0 Å². The molecule has 2 N–H and O–H groups in total. The fourth-order valence-electron chi connectivity index (χ4n) is 3.05. The van der Waals surface area contributed by atoms with Gasteiger partial charge in [0.15, 0.2) is 11.2 Å². The van der Waals surface area contributed by atoms with Crippen LogP contribution in [-0.2, 0) is 7.05 Å². The Morgan fingerprint density at radius 2 is 1.92 bits per heavy atom. The topological polar surface area (TPSA) is 97.3 Å². The molecular formula is C16H15N5O3. The van der Waals surface area contributed by atoms with Crippen LogP contribution < -0.4 is 11.2 Å². The van der Waals surface area contributed by atoms with Crippen molar-refractivity contribution in [1.82, 2.24) is 23.5 Å². The quantitative estimate of drug-likeness (QED) is 0.545. The van der Waals surface area contributed by atoms with Gasteiger partial charge in [0.1, 0.15) is 5.75 Å². The monoisotopic (exact) mass is 325 g/mol. The first-order chi connectivity index (χ1) is 11.4. The minimum absolute atomic E-state index is 0.137. The van der Waals surface area contributed by atoms with Crippen molar-refractivity contribution in [2.24, 2.45) is 7.05 Å². The van der Waals surface area contributed by atoms with Gasteiger partial charge in [-0.25, -0.2) is 4.79 Å². The maximum absolute atomic E-state index is 12.3. The molecule has 8 nitrogen and oxygen atoms in total. The number of aromatic nitrogens is 5. The van der Waals surface area contributed by atoms with Gasteiger partial charge < -0.3 is 5.11 Å². The fourth-order valence-corrected chi connectivity index (χ4v) is 3.05. The Bertz CT molecular complexity index is 1240. The lowest BCUT2D eigenvalue weighted by atomic mass is 10.3. The van der Waals surface area contributed by atoms with E-state index in [1.54, 1.807) is 29.6 Å². The van der Waals surface area contributed by atoms with Crippen molar-refractivity contribution < 1.29 is 5.11 Å². The summed E-state index contributed by atoms with van der Waals surface area (Å²) in [6, 6.07) is 6.79. The highest BCUT2D eigenvalue weighted by molar-refractivity contribution is 5.77. The SMILES string of the molecule is Cc1c(C)n2c3c(=O)[nH]c(=O)n(C)c3nc2n1-c1cccc(O)c1. The predicted molar refractivity (Wildman–Crippen MR) is 89.0 cm³/mol. The molecule has 24 heavy (non-hydrogen) atoms. The molecule has 8 heteroatoms. The number of hydrogen-bond donors (Lipinski definition) is 2. The maximum Gasteiger partial charge on any atom is 0.329 e. The van der Waals surface area contributed by atoms with Crippen LogP contribution in [0.3, 0.4) is 0 Å². The molecule has 0 amide bonds. The first-order valence-corrected chi connectivity index (χ1v) is 7.39. The molecule has 1 aromatic carbocycles. The lowest BCUT2D eigenvalue weighted by Gasteiger charge is -2.06. The summed E-state index contributed by atoms with van der Waals surface area (Å²) in [6.45, 7) is 3.79. The Morgan fingerprint density at radius 3 is 2.62 bits per heavy atom. The molecule has 3 heterocycles. The summed E-state index contributed by atoms with van der Waals surface area (Å²) in [6.07, 6.45) is 0. The molecule has 0 aliphatic rings. The van der Waals surface area contributed by atoms with E-state index in [-0.39, 0.29) is 5.75 Å². The van der Waals surface area contributed by atoms with Crippen LogP contribution in [0.15, 0.2) is 33.9 Å². The third kappa shape index (κ3) is 1.70. The van der Waals surface area contributed by atoms with Gasteiger partial charge >= 0.3 is 5.69 Å². The van der Waals surface area contributed by atoms with E-state index >= 15 is 0 Å². The van der Waals surface area contributed by atoms with Gasteiger partial charge in [-0.2, -0.15) is 4.98 Å². The molecule has 3 aromatic heterocycles. The number of phenolic OH excluding ortho intramolecular Hbond substituents is 1. The number of hydrogen-bond acceptors (Lipinski definition) is 4. The smallest absolute Gasteiger partial charge is 0.329 e. The molecule has 0 saturated carbocycles. The Balaban J connectivity index is 2.25. The summed E-state index contributed by atoms with van der Waals surface area (Å²) in [4.78, 5) is 31.0. The predicted octanol–water partition coefficient (Wildman–Crippen LogP) is 0.988. The minimum Gasteiger partial charge on any atom is -0.508 e. The minimum atomic E-state index is -0.508. The third-order valence-corrected chi connectivity index (χ3v) is 4.38.